The molecule has 2 fully saturated rings. The monoisotopic (exact) mass is 241 g/mol. The fourth-order valence-electron chi connectivity index (χ4n) is 3.29. The van der Waals surface area contributed by atoms with Crippen molar-refractivity contribution in [2.75, 3.05) is 12.8 Å². The van der Waals surface area contributed by atoms with E-state index < -0.39 is 0 Å². The molecule has 2 heteroatoms. The molecule has 2 rings (SSSR count). The van der Waals surface area contributed by atoms with Gasteiger partial charge in [-0.2, -0.15) is 11.8 Å². The maximum Gasteiger partial charge on any atom is 0.0183 e. The molecule has 1 N–H and O–H groups in total. The van der Waals surface area contributed by atoms with E-state index in [2.05, 4.69) is 24.1 Å². The highest BCUT2D eigenvalue weighted by Gasteiger charge is 2.24. The van der Waals surface area contributed by atoms with Crippen molar-refractivity contribution in [1.82, 2.24) is 5.32 Å². The van der Waals surface area contributed by atoms with Crippen LogP contribution in [0.4, 0.5) is 0 Å². The topological polar surface area (TPSA) is 12.0 Å². The molecule has 1 unspecified atom stereocenters. The minimum atomic E-state index is 0.783. The Balaban J connectivity index is 1.70. The standard InChI is InChI=1S/C14H27NS/c1-15-14(12-7-3-2-4-8-12)11-16-13-9-5-6-10-13/h12-15H,2-11H2,1H3. The highest BCUT2D eigenvalue weighted by atomic mass is 32.2. The van der Waals surface area contributed by atoms with E-state index in [0.717, 1.165) is 17.2 Å². The first-order valence-corrected chi connectivity index (χ1v) is 8.24. The molecule has 2 aliphatic rings. The highest BCUT2D eigenvalue weighted by molar-refractivity contribution is 7.99. The van der Waals surface area contributed by atoms with Crippen molar-refractivity contribution in [2.45, 2.75) is 69.1 Å². The molecule has 0 aromatic carbocycles. The summed E-state index contributed by atoms with van der Waals surface area (Å²) >= 11 is 2.25. The molecule has 2 aliphatic carbocycles. The van der Waals surface area contributed by atoms with Gasteiger partial charge in [-0.1, -0.05) is 32.1 Å². The van der Waals surface area contributed by atoms with Gasteiger partial charge in [-0.05, 0) is 38.6 Å². The Morgan fingerprint density at radius 1 is 1.00 bits per heavy atom. The second-order valence-corrected chi connectivity index (χ2v) is 6.87. The lowest BCUT2D eigenvalue weighted by Crippen LogP contribution is -2.37. The average molecular weight is 241 g/mol. The summed E-state index contributed by atoms with van der Waals surface area (Å²) in [6.07, 6.45) is 13.3. The molecule has 94 valence electrons. The van der Waals surface area contributed by atoms with Crippen molar-refractivity contribution in [1.29, 1.82) is 0 Å². The van der Waals surface area contributed by atoms with Crippen molar-refractivity contribution < 1.29 is 0 Å². The summed E-state index contributed by atoms with van der Waals surface area (Å²) in [5.41, 5.74) is 0. The first-order valence-electron chi connectivity index (χ1n) is 7.19. The van der Waals surface area contributed by atoms with E-state index in [0.29, 0.717) is 0 Å². The molecule has 1 atom stereocenters. The Morgan fingerprint density at radius 2 is 1.62 bits per heavy atom. The first-order chi connectivity index (χ1) is 7.90. The third-order valence-electron chi connectivity index (χ3n) is 4.40. The van der Waals surface area contributed by atoms with Gasteiger partial charge in [0.15, 0.2) is 0 Å². The largest absolute Gasteiger partial charge is 0.316 e. The summed E-state index contributed by atoms with van der Waals surface area (Å²) in [6, 6.07) is 0.783. The predicted octanol–water partition coefficient (Wildman–Crippen LogP) is 3.83. The van der Waals surface area contributed by atoms with Gasteiger partial charge in [0.25, 0.3) is 0 Å². The maximum absolute atomic E-state index is 3.57. The molecule has 0 radical (unpaired) electrons. The van der Waals surface area contributed by atoms with E-state index >= 15 is 0 Å². The van der Waals surface area contributed by atoms with Gasteiger partial charge in [-0.25, -0.2) is 0 Å². The molecular formula is C14H27NS. The molecule has 0 spiro atoms. The van der Waals surface area contributed by atoms with Crippen LogP contribution >= 0.6 is 11.8 Å². The smallest absolute Gasteiger partial charge is 0.0183 e. The molecule has 0 aromatic heterocycles. The molecule has 0 aromatic rings. The minimum absolute atomic E-state index is 0.783. The molecule has 0 aliphatic heterocycles. The van der Waals surface area contributed by atoms with Crippen LogP contribution in [0.15, 0.2) is 0 Å². The summed E-state index contributed by atoms with van der Waals surface area (Å²) in [5, 5.41) is 4.56. The normalized spacial score (nSPS) is 26.1. The lowest BCUT2D eigenvalue weighted by molar-refractivity contribution is 0.294. The van der Waals surface area contributed by atoms with Crippen molar-refractivity contribution in [3.63, 3.8) is 0 Å². The van der Waals surface area contributed by atoms with Crippen molar-refractivity contribution >= 4 is 11.8 Å². The van der Waals surface area contributed by atoms with Crippen LogP contribution < -0.4 is 5.32 Å². The van der Waals surface area contributed by atoms with E-state index in [-0.39, 0.29) is 0 Å². The summed E-state index contributed by atoms with van der Waals surface area (Å²) in [7, 11) is 2.16. The molecule has 0 amide bonds. The number of hydrogen-bond acceptors (Lipinski definition) is 2. The Labute approximate surface area is 105 Å². The van der Waals surface area contributed by atoms with Gasteiger partial charge in [0.1, 0.15) is 0 Å². The minimum Gasteiger partial charge on any atom is -0.316 e. The van der Waals surface area contributed by atoms with Gasteiger partial charge in [-0.15, -0.1) is 0 Å². The summed E-state index contributed by atoms with van der Waals surface area (Å²) < 4.78 is 0. The summed E-state index contributed by atoms with van der Waals surface area (Å²) in [5.74, 6) is 2.32. The van der Waals surface area contributed by atoms with Crippen LogP contribution in [0.2, 0.25) is 0 Å². The molecule has 1 nitrogen and oxygen atoms in total. The zero-order chi connectivity index (χ0) is 11.2. The SMILES string of the molecule is CNC(CSC1CCCC1)C1CCCCC1. The average Bonchev–Trinajstić information content (AvgIpc) is 2.84. The number of thioether (sulfide) groups is 1. The summed E-state index contributed by atoms with van der Waals surface area (Å²) in [6.45, 7) is 0. The Morgan fingerprint density at radius 3 is 2.25 bits per heavy atom. The highest BCUT2D eigenvalue weighted by Crippen LogP contribution is 2.33. The Kier molecular flexibility index (Phi) is 5.51. The lowest BCUT2D eigenvalue weighted by atomic mass is 9.84. The zero-order valence-electron chi connectivity index (χ0n) is 10.7. The van der Waals surface area contributed by atoms with Crippen molar-refractivity contribution in [3.8, 4) is 0 Å². The lowest BCUT2D eigenvalue weighted by Gasteiger charge is -2.30. The van der Waals surface area contributed by atoms with Crippen LogP contribution in [-0.2, 0) is 0 Å². The van der Waals surface area contributed by atoms with E-state index in [1.165, 1.54) is 63.5 Å². The first kappa shape index (κ1) is 12.8. The summed E-state index contributed by atoms with van der Waals surface area (Å²) in [4.78, 5) is 0. The third kappa shape index (κ3) is 3.66. The van der Waals surface area contributed by atoms with Gasteiger partial charge in [0.05, 0.1) is 0 Å². The van der Waals surface area contributed by atoms with Gasteiger partial charge in [0.2, 0.25) is 0 Å². The second-order valence-electron chi connectivity index (χ2n) is 5.53. The van der Waals surface area contributed by atoms with Crippen LogP contribution in [0.1, 0.15) is 57.8 Å². The third-order valence-corrected chi connectivity index (χ3v) is 5.90. The van der Waals surface area contributed by atoms with Crippen molar-refractivity contribution in [2.24, 2.45) is 5.92 Å². The van der Waals surface area contributed by atoms with Crippen LogP contribution in [-0.4, -0.2) is 24.1 Å². The predicted molar refractivity (Wildman–Crippen MR) is 74.1 cm³/mol. The Bertz CT molecular complexity index is 183. The second kappa shape index (κ2) is 6.90. The van der Waals surface area contributed by atoms with Gasteiger partial charge < -0.3 is 5.32 Å². The van der Waals surface area contributed by atoms with E-state index in [4.69, 9.17) is 0 Å². The molecule has 2 saturated carbocycles. The van der Waals surface area contributed by atoms with Crippen LogP contribution in [0, 0.1) is 5.92 Å². The molecule has 0 bridgehead atoms. The number of nitrogens with one attached hydrogen (secondary N) is 1. The van der Waals surface area contributed by atoms with Crippen molar-refractivity contribution in [3.05, 3.63) is 0 Å². The number of rotatable bonds is 5. The van der Waals surface area contributed by atoms with Crippen LogP contribution in [0.25, 0.3) is 0 Å². The number of hydrogen-bond donors (Lipinski definition) is 1. The van der Waals surface area contributed by atoms with Gasteiger partial charge >= 0.3 is 0 Å². The zero-order valence-corrected chi connectivity index (χ0v) is 11.5. The van der Waals surface area contributed by atoms with E-state index in [1.54, 1.807) is 0 Å². The molecule has 0 heterocycles. The van der Waals surface area contributed by atoms with Crippen LogP contribution in [0.3, 0.4) is 0 Å². The fraction of sp³-hybridized carbons (Fsp3) is 1.00. The van der Waals surface area contributed by atoms with Crippen LogP contribution in [0.5, 0.6) is 0 Å². The Hall–Kier alpha value is 0.310. The maximum atomic E-state index is 3.57. The molecule has 0 saturated heterocycles. The molecule has 16 heavy (non-hydrogen) atoms. The quantitative estimate of drug-likeness (QED) is 0.785. The van der Waals surface area contributed by atoms with E-state index in [9.17, 15) is 0 Å². The van der Waals surface area contributed by atoms with Gasteiger partial charge in [0, 0.05) is 17.0 Å². The molecular weight excluding hydrogens is 214 g/mol. The van der Waals surface area contributed by atoms with E-state index in [1.807, 2.05) is 0 Å². The van der Waals surface area contributed by atoms with Gasteiger partial charge in [-0.3, -0.25) is 0 Å². The fourth-order valence-corrected chi connectivity index (χ4v) is 4.87.